The summed E-state index contributed by atoms with van der Waals surface area (Å²) in [4.78, 5) is 19.8. The maximum absolute atomic E-state index is 12.1. The molecule has 0 unspecified atom stereocenters. The standard InChI is InChI=1S/C24H41N3O/c1-17(2)19-9-23(10-19)13-26(14-23)20-5-7-25(8-6-20)21-11-24(12-21)15-27(16-24)22(28)18(3)4/h17-21H,5-16H2,1-4H3. The van der Waals surface area contributed by atoms with E-state index in [2.05, 4.69) is 28.5 Å². The van der Waals surface area contributed by atoms with Crippen molar-refractivity contribution in [3.63, 3.8) is 0 Å². The molecule has 3 aliphatic heterocycles. The second-order valence-electron chi connectivity index (χ2n) is 12.0. The van der Waals surface area contributed by atoms with E-state index in [0.29, 0.717) is 11.3 Å². The molecule has 0 aromatic heterocycles. The van der Waals surface area contributed by atoms with Crippen LogP contribution in [0.5, 0.6) is 0 Å². The van der Waals surface area contributed by atoms with Crippen LogP contribution in [0.15, 0.2) is 0 Å². The van der Waals surface area contributed by atoms with E-state index >= 15 is 0 Å². The van der Waals surface area contributed by atoms with Gasteiger partial charge in [-0.2, -0.15) is 0 Å². The molecule has 0 atom stereocenters. The molecule has 3 heterocycles. The van der Waals surface area contributed by atoms with Gasteiger partial charge in [0.15, 0.2) is 0 Å². The van der Waals surface area contributed by atoms with Crippen molar-refractivity contribution < 1.29 is 4.79 Å². The summed E-state index contributed by atoms with van der Waals surface area (Å²) in [5.74, 6) is 2.41. The Balaban J connectivity index is 1.01. The molecular weight excluding hydrogens is 346 g/mol. The van der Waals surface area contributed by atoms with Crippen LogP contribution in [0.25, 0.3) is 0 Å². The maximum atomic E-state index is 12.1. The van der Waals surface area contributed by atoms with Gasteiger partial charge < -0.3 is 9.80 Å². The van der Waals surface area contributed by atoms with Gasteiger partial charge in [-0.25, -0.2) is 0 Å². The molecule has 0 N–H and O–H groups in total. The van der Waals surface area contributed by atoms with Gasteiger partial charge >= 0.3 is 0 Å². The molecule has 4 heteroatoms. The van der Waals surface area contributed by atoms with Gasteiger partial charge in [-0.3, -0.25) is 9.69 Å². The van der Waals surface area contributed by atoms with Gasteiger partial charge in [0.1, 0.15) is 0 Å². The molecule has 0 aromatic rings. The van der Waals surface area contributed by atoms with Crippen molar-refractivity contribution in [3.05, 3.63) is 0 Å². The van der Waals surface area contributed by atoms with Gasteiger partial charge in [-0.1, -0.05) is 27.7 Å². The molecule has 5 fully saturated rings. The highest BCUT2D eigenvalue weighted by molar-refractivity contribution is 5.79. The minimum atomic E-state index is 0.157. The number of amides is 1. The van der Waals surface area contributed by atoms with Gasteiger partial charge in [0, 0.05) is 49.6 Å². The Morgan fingerprint density at radius 3 is 1.89 bits per heavy atom. The van der Waals surface area contributed by atoms with Crippen LogP contribution in [-0.4, -0.2) is 72.0 Å². The van der Waals surface area contributed by atoms with Gasteiger partial charge in [0.2, 0.25) is 5.91 Å². The van der Waals surface area contributed by atoms with Gasteiger partial charge in [0.25, 0.3) is 0 Å². The molecule has 158 valence electrons. The average Bonchev–Trinajstić information content (AvgIpc) is 2.50. The van der Waals surface area contributed by atoms with Crippen molar-refractivity contribution in [1.29, 1.82) is 0 Å². The lowest BCUT2D eigenvalue weighted by molar-refractivity contribution is -0.163. The van der Waals surface area contributed by atoms with Crippen molar-refractivity contribution in [2.24, 2.45) is 28.6 Å². The summed E-state index contributed by atoms with van der Waals surface area (Å²) in [6, 6.07) is 1.66. The van der Waals surface area contributed by atoms with Crippen LogP contribution in [0.4, 0.5) is 0 Å². The summed E-state index contributed by atoms with van der Waals surface area (Å²) in [5.41, 5.74) is 1.23. The molecule has 3 saturated heterocycles. The number of likely N-dealkylation sites (tertiary alicyclic amines) is 3. The van der Waals surface area contributed by atoms with E-state index < -0.39 is 0 Å². The third-order valence-corrected chi connectivity index (χ3v) is 9.14. The zero-order valence-electron chi connectivity index (χ0n) is 18.6. The molecular formula is C24H41N3O. The summed E-state index contributed by atoms with van der Waals surface area (Å²) in [5, 5.41) is 0. The average molecular weight is 388 g/mol. The zero-order valence-corrected chi connectivity index (χ0v) is 18.6. The van der Waals surface area contributed by atoms with Crippen molar-refractivity contribution in [2.75, 3.05) is 39.3 Å². The molecule has 5 aliphatic rings. The molecule has 0 bridgehead atoms. The fourth-order valence-electron chi connectivity index (χ4n) is 7.21. The van der Waals surface area contributed by atoms with E-state index in [1.807, 2.05) is 13.8 Å². The SMILES string of the molecule is CC(C)C(=O)N1CC2(CC(N3CCC(N4CC5(CC(C(C)C)C5)C4)CC3)C2)C1. The van der Waals surface area contributed by atoms with Crippen molar-refractivity contribution in [1.82, 2.24) is 14.7 Å². The minimum absolute atomic E-state index is 0.157. The molecule has 1 amide bonds. The highest BCUT2D eigenvalue weighted by Crippen LogP contribution is 2.55. The smallest absolute Gasteiger partial charge is 0.225 e. The number of rotatable bonds is 4. The number of hydrogen-bond donors (Lipinski definition) is 0. The Bertz CT molecular complexity index is 593. The Labute approximate surface area is 172 Å². The monoisotopic (exact) mass is 387 g/mol. The summed E-state index contributed by atoms with van der Waals surface area (Å²) in [6.07, 6.45) is 8.43. The van der Waals surface area contributed by atoms with Crippen LogP contribution in [0.2, 0.25) is 0 Å². The van der Waals surface area contributed by atoms with E-state index in [1.165, 1.54) is 64.7 Å². The highest BCUT2D eigenvalue weighted by atomic mass is 16.2. The van der Waals surface area contributed by atoms with Crippen LogP contribution < -0.4 is 0 Å². The summed E-state index contributed by atoms with van der Waals surface area (Å²) >= 11 is 0. The topological polar surface area (TPSA) is 26.8 Å². The molecule has 28 heavy (non-hydrogen) atoms. The lowest BCUT2D eigenvalue weighted by Crippen LogP contribution is -2.69. The number of carbonyl (C=O) groups is 1. The van der Waals surface area contributed by atoms with Crippen LogP contribution >= 0.6 is 0 Å². The summed E-state index contributed by atoms with van der Waals surface area (Å²) in [6.45, 7) is 16.3. The molecule has 2 saturated carbocycles. The fourth-order valence-corrected chi connectivity index (χ4v) is 7.21. The first-order valence-corrected chi connectivity index (χ1v) is 12.1. The minimum Gasteiger partial charge on any atom is -0.341 e. The second-order valence-corrected chi connectivity index (χ2v) is 12.0. The third kappa shape index (κ3) is 3.14. The quantitative estimate of drug-likeness (QED) is 0.739. The highest BCUT2D eigenvalue weighted by Gasteiger charge is 2.56. The maximum Gasteiger partial charge on any atom is 0.225 e. The van der Waals surface area contributed by atoms with E-state index in [4.69, 9.17) is 0 Å². The number of piperidine rings is 1. The van der Waals surface area contributed by atoms with Crippen molar-refractivity contribution in [3.8, 4) is 0 Å². The normalized spacial score (nSPS) is 31.1. The van der Waals surface area contributed by atoms with Crippen LogP contribution in [0.1, 0.15) is 66.2 Å². The molecule has 0 aromatic carbocycles. The summed E-state index contributed by atoms with van der Waals surface area (Å²) < 4.78 is 0. The van der Waals surface area contributed by atoms with E-state index in [9.17, 15) is 4.79 Å². The Morgan fingerprint density at radius 2 is 1.36 bits per heavy atom. The first kappa shape index (κ1) is 19.4. The molecule has 2 spiro atoms. The van der Waals surface area contributed by atoms with E-state index in [1.54, 1.807) is 0 Å². The van der Waals surface area contributed by atoms with Gasteiger partial charge in [0.05, 0.1) is 0 Å². The van der Waals surface area contributed by atoms with E-state index in [0.717, 1.165) is 42.4 Å². The van der Waals surface area contributed by atoms with Gasteiger partial charge in [-0.15, -0.1) is 0 Å². The largest absolute Gasteiger partial charge is 0.341 e. The number of hydrogen-bond acceptors (Lipinski definition) is 3. The molecule has 5 rings (SSSR count). The van der Waals surface area contributed by atoms with Crippen LogP contribution in [-0.2, 0) is 4.79 Å². The lowest BCUT2D eigenvalue weighted by Gasteiger charge is -2.64. The van der Waals surface area contributed by atoms with E-state index in [-0.39, 0.29) is 5.92 Å². The van der Waals surface area contributed by atoms with Crippen LogP contribution in [0, 0.1) is 28.6 Å². The predicted molar refractivity (Wildman–Crippen MR) is 113 cm³/mol. The molecule has 4 nitrogen and oxygen atoms in total. The summed E-state index contributed by atoms with van der Waals surface area (Å²) in [7, 11) is 0. The van der Waals surface area contributed by atoms with Gasteiger partial charge in [-0.05, 0) is 68.9 Å². The number of carbonyl (C=O) groups excluding carboxylic acids is 1. The Hall–Kier alpha value is -0.610. The third-order valence-electron chi connectivity index (χ3n) is 9.14. The first-order valence-electron chi connectivity index (χ1n) is 12.1. The predicted octanol–water partition coefficient (Wildman–Crippen LogP) is 3.47. The Kier molecular flexibility index (Phi) is 4.63. The Morgan fingerprint density at radius 1 is 0.786 bits per heavy atom. The van der Waals surface area contributed by atoms with Crippen molar-refractivity contribution >= 4 is 5.91 Å². The first-order chi connectivity index (χ1) is 13.3. The molecule has 0 radical (unpaired) electrons. The van der Waals surface area contributed by atoms with Crippen LogP contribution in [0.3, 0.4) is 0 Å². The number of nitrogens with zero attached hydrogens (tertiary/aromatic N) is 3. The fraction of sp³-hybridized carbons (Fsp3) is 0.958. The lowest BCUT2D eigenvalue weighted by atomic mass is 9.55. The van der Waals surface area contributed by atoms with Crippen molar-refractivity contribution in [2.45, 2.75) is 78.3 Å². The second kappa shape index (κ2) is 6.70. The molecule has 2 aliphatic carbocycles. The zero-order chi connectivity index (χ0) is 19.7.